The third-order valence-electron chi connectivity index (χ3n) is 2.80. The average Bonchev–Trinajstić information content (AvgIpc) is 2.48. The summed E-state index contributed by atoms with van der Waals surface area (Å²) in [6.45, 7) is 2.14. The molecule has 7 heteroatoms. The van der Waals surface area contributed by atoms with Gasteiger partial charge in [-0.2, -0.15) is 0 Å². The van der Waals surface area contributed by atoms with E-state index in [1.54, 1.807) is 18.2 Å². The van der Waals surface area contributed by atoms with Crippen LogP contribution in [0, 0.1) is 0 Å². The number of benzene rings is 1. The van der Waals surface area contributed by atoms with Crippen molar-refractivity contribution < 1.29 is 19.1 Å². The molecule has 0 saturated carbocycles. The molecule has 3 N–H and O–H groups in total. The number of halogens is 1. The minimum atomic E-state index is -0.440. The van der Waals surface area contributed by atoms with Gasteiger partial charge in [-0.05, 0) is 31.0 Å². The van der Waals surface area contributed by atoms with Gasteiger partial charge in [-0.3, -0.25) is 4.79 Å². The zero-order valence-electron chi connectivity index (χ0n) is 12.8. The number of methoxy groups -OCH3 is 1. The van der Waals surface area contributed by atoms with E-state index in [1.165, 1.54) is 7.11 Å². The van der Waals surface area contributed by atoms with Crippen LogP contribution in [-0.4, -0.2) is 31.6 Å². The lowest BCUT2D eigenvalue weighted by Gasteiger charge is -2.09. The van der Waals surface area contributed by atoms with Crippen LogP contribution >= 0.6 is 12.4 Å². The smallest absolute Gasteiger partial charge is 0.343 e. The molecule has 0 heterocycles. The van der Waals surface area contributed by atoms with Crippen LogP contribution in [-0.2, 0) is 20.9 Å². The van der Waals surface area contributed by atoms with E-state index in [0.717, 1.165) is 5.56 Å². The van der Waals surface area contributed by atoms with E-state index in [2.05, 4.69) is 10.1 Å². The Morgan fingerprint density at radius 1 is 1.36 bits per heavy atom. The number of carbonyl (C=O) groups excluding carboxylic acids is 2. The maximum absolute atomic E-state index is 11.6. The minimum absolute atomic E-state index is 0. The first-order valence-electron chi connectivity index (χ1n) is 6.82. The highest BCUT2D eigenvalue weighted by Gasteiger charge is 2.05. The zero-order valence-corrected chi connectivity index (χ0v) is 13.7. The predicted molar refractivity (Wildman–Crippen MR) is 85.9 cm³/mol. The molecule has 0 radical (unpaired) electrons. The van der Waals surface area contributed by atoms with Crippen molar-refractivity contribution in [3.63, 3.8) is 0 Å². The normalized spacial score (nSPS) is 11.0. The van der Waals surface area contributed by atoms with E-state index in [1.807, 2.05) is 13.0 Å². The molecule has 124 valence electrons. The molecule has 0 bridgehead atoms. The van der Waals surface area contributed by atoms with Crippen LogP contribution in [0.15, 0.2) is 24.3 Å². The van der Waals surface area contributed by atoms with Gasteiger partial charge in [-0.15, -0.1) is 12.4 Å². The molecule has 0 aromatic heterocycles. The fourth-order valence-corrected chi connectivity index (χ4v) is 1.59. The van der Waals surface area contributed by atoms with E-state index in [-0.39, 0.29) is 31.0 Å². The Labute approximate surface area is 136 Å². The SMILES string of the molecule is COC(=O)COc1cccc(CNC(=O)CCC(C)N)c1.Cl. The van der Waals surface area contributed by atoms with Crippen molar-refractivity contribution in [1.82, 2.24) is 5.32 Å². The van der Waals surface area contributed by atoms with Crippen LogP contribution in [0.4, 0.5) is 0 Å². The number of rotatable bonds is 8. The van der Waals surface area contributed by atoms with Gasteiger partial charge in [0.05, 0.1) is 7.11 Å². The molecule has 1 rings (SSSR count). The molecule has 0 aliphatic heterocycles. The number of amides is 1. The van der Waals surface area contributed by atoms with Gasteiger partial charge in [-0.25, -0.2) is 4.79 Å². The van der Waals surface area contributed by atoms with Crippen LogP contribution in [0.5, 0.6) is 5.75 Å². The van der Waals surface area contributed by atoms with Crippen LogP contribution in [0.25, 0.3) is 0 Å². The third-order valence-corrected chi connectivity index (χ3v) is 2.80. The van der Waals surface area contributed by atoms with Gasteiger partial charge in [0, 0.05) is 19.0 Å². The Bertz CT molecular complexity index is 480. The third kappa shape index (κ3) is 8.49. The number of carbonyl (C=O) groups is 2. The first kappa shape index (κ1) is 20.2. The maximum Gasteiger partial charge on any atom is 0.343 e. The Hall–Kier alpha value is -1.79. The molecule has 1 aromatic rings. The fourth-order valence-electron chi connectivity index (χ4n) is 1.59. The van der Waals surface area contributed by atoms with Gasteiger partial charge in [0.25, 0.3) is 0 Å². The molecule has 0 aliphatic rings. The van der Waals surface area contributed by atoms with Crippen molar-refractivity contribution in [3.8, 4) is 5.75 Å². The lowest BCUT2D eigenvalue weighted by molar-refractivity contribution is -0.142. The molecule has 1 amide bonds. The molecule has 1 atom stereocenters. The molecule has 22 heavy (non-hydrogen) atoms. The van der Waals surface area contributed by atoms with Crippen molar-refractivity contribution in [2.24, 2.45) is 5.73 Å². The van der Waals surface area contributed by atoms with Crippen molar-refractivity contribution in [3.05, 3.63) is 29.8 Å². The van der Waals surface area contributed by atoms with Gasteiger partial charge in [0.1, 0.15) is 5.75 Å². The van der Waals surface area contributed by atoms with E-state index in [9.17, 15) is 9.59 Å². The summed E-state index contributed by atoms with van der Waals surface area (Å²) >= 11 is 0. The van der Waals surface area contributed by atoms with Crippen LogP contribution < -0.4 is 15.8 Å². The molecular weight excluding hydrogens is 308 g/mol. The van der Waals surface area contributed by atoms with Gasteiger partial charge < -0.3 is 20.5 Å². The summed E-state index contributed by atoms with van der Waals surface area (Å²) < 4.78 is 9.78. The number of nitrogens with two attached hydrogens (primary N) is 1. The average molecular weight is 331 g/mol. The highest BCUT2D eigenvalue weighted by Crippen LogP contribution is 2.13. The summed E-state index contributed by atoms with van der Waals surface area (Å²) in [5, 5.41) is 2.82. The number of hydrogen-bond donors (Lipinski definition) is 2. The summed E-state index contributed by atoms with van der Waals surface area (Å²) in [6, 6.07) is 7.21. The number of nitrogens with one attached hydrogen (secondary N) is 1. The molecule has 1 unspecified atom stereocenters. The fraction of sp³-hybridized carbons (Fsp3) is 0.467. The van der Waals surface area contributed by atoms with Gasteiger partial charge in [0.15, 0.2) is 6.61 Å². The van der Waals surface area contributed by atoms with Crippen molar-refractivity contribution in [2.75, 3.05) is 13.7 Å². The second kappa shape index (κ2) is 10.9. The first-order chi connectivity index (χ1) is 10.0. The highest BCUT2D eigenvalue weighted by molar-refractivity contribution is 5.85. The topological polar surface area (TPSA) is 90.6 Å². The number of esters is 1. The van der Waals surface area contributed by atoms with E-state index in [0.29, 0.717) is 25.1 Å². The van der Waals surface area contributed by atoms with Crippen LogP contribution in [0.3, 0.4) is 0 Å². The predicted octanol–water partition coefficient (Wildman–Crippen LogP) is 1.40. The molecular formula is C15H23ClN2O4. The lowest BCUT2D eigenvalue weighted by Crippen LogP contribution is -2.25. The van der Waals surface area contributed by atoms with Crippen molar-refractivity contribution in [1.29, 1.82) is 0 Å². The van der Waals surface area contributed by atoms with Crippen LogP contribution in [0.1, 0.15) is 25.3 Å². The Morgan fingerprint density at radius 2 is 2.09 bits per heavy atom. The van der Waals surface area contributed by atoms with Crippen molar-refractivity contribution in [2.45, 2.75) is 32.4 Å². The summed E-state index contributed by atoms with van der Waals surface area (Å²) in [4.78, 5) is 22.6. The van der Waals surface area contributed by atoms with E-state index < -0.39 is 5.97 Å². The number of ether oxygens (including phenoxy) is 2. The molecule has 0 saturated heterocycles. The molecule has 0 spiro atoms. The summed E-state index contributed by atoms with van der Waals surface area (Å²) in [5.74, 6) is 0.0838. The molecule has 0 fully saturated rings. The van der Waals surface area contributed by atoms with Gasteiger partial charge >= 0.3 is 5.97 Å². The summed E-state index contributed by atoms with van der Waals surface area (Å²) in [7, 11) is 1.31. The second-order valence-corrected chi connectivity index (χ2v) is 4.80. The Kier molecular flexibility index (Phi) is 9.98. The first-order valence-corrected chi connectivity index (χ1v) is 6.82. The maximum atomic E-state index is 11.6. The highest BCUT2D eigenvalue weighted by atomic mass is 35.5. The molecule has 0 aliphatic carbocycles. The molecule has 1 aromatic carbocycles. The quantitative estimate of drug-likeness (QED) is 0.703. The van der Waals surface area contributed by atoms with Gasteiger partial charge in [0.2, 0.25) is 5.91 Å². The summed E-state index contributed by atoms with van der Waals surface area (Å²) in [5.41, 5.74) is 6.50. The largest absolute Gasteiger partial charge is 0.482 e. The lowest BCUT2D eigenvalue weighted by atomic mass is 10.2. The van der Waals surface area contributed by atoms with E-state index in [4.69, 9.17) is 10.5 Å². The Balaban J connectivity index is 0.00000441. The monoisotopic (exact) mass is 330 g/mol. The van der Waals surface area contributed by atoms with E-state index >= 15 is 0 Å². The zero-order chi connectivity index (χ0) is 15.7. The second-order valence-electron chi connectivity index (χ2n) is 4.80. The van der Waals surface area contributed by atoms with Gasteiger partial charge in [-0.1, -0.05) is 12.1 Å². The van der Waals surface area contributed by atoms with Crippen LogP contribution in [0.2, 0.25) is 0 Å². The van der Waals surface area contributed by atoms with Crippen molar-refractivity contribution >= 4 is 24.3 Å². The standard InChI is InChI=1S/C15H22N2O4.ClH/c1-11(16)6-7-14(18)17-9-12-4-3-5-13(8-12)21-10-15(19)20-2;/h3-5,8,11H,6-7,9-10,16H2,1-2H3,(H,17,18);1H. The molecule has 6 nitrogen and oxygen atoms in total. The summed E-state index contributed by atoms with van der Waals surface area (Å²) in [6.07, 6.45) is 1.07. The number of hydrogen-bond acceptors (Lipinski definition) is 5. The minimum Gasteiger partial charge on any atom is -0.482 e. The Morgan fingerprint density at radius 3 is 2.73 bits per heavy atom.